The van der Waals surface area contributed by atoms with Crippen molar-refractivity contribution in [1.82, 2.24) is 19.8 Å². The van der Waals surface area contributed by atoms with Crippen LogP contribution in [0.3, 0.4) is 0 Å². The molecule has 1 aromatic carbocycles. The molecular formula is C16H22N4O3S. The number of benzene rings is 1. The van der Waals surface area contributed by atoms with Gasteiger partial charge >= 0.3 is 0 Å². The van der Waals surface area contributed by atoms with E-state index < -0.39 is 10.0 Å². The largest absolute Gasteiger partial charge is 0.494 e. The summed E-state index contributed by atoms with van der Waals surface area (Å²) in [6.07, 6.45) is 4.64. The first-order valence-electron chi connectivity index (χ1n) is 7.95. The van der Waals surface area contributed by atoms with Crippen molar-refractivity contribution in [3.05, 3.63) is 36.7 Å². The Morgan fingerprint density at radius 2 is 2.17 bits per heavy atom. The van der Waals surface area contributed by atoms with Crippen molar-refractivity contribution in [2.45, 2.75) is 36.7 Å². The molecule has 2 unspecified atom stereocenters. The van der Waals surface area contributed by atoms with Crippen LogP contribution in [-0.2, 0) is 10.0 Å². The summed E-state index contributed by atoms with van der Waals surface area (Å²) < 4.78 is 34.8. The highest BCUT2D eigenvalue weighted by molar-refractivity contribution is 7.89. The Morgan fingerprint density at radius 3 is 2.92 bits per heavy atom. The molecule has 0 aliphatic carbocycles. The summed E-state index contributed by atoms with van der Waals surface area (Å²) in [5.74, 6) is 0.627. The van der Waals surface area contributed by atoms with Crippen LogP contribution in [0, 0.1) is 0 Å². The predicted molar refractivity (Wildman–Crippen MR) is 90.9 cm³/mol. The van der Waals surface area contributed by atoms with Crippen molar-refractivity contribution in [2.75, 3.05) is 13.7 Å². The van der Waals surface area contributed by atoms with Crippen LogP contribution in [0.1, 0.15) is 19.8 Å². The van der Waals surface area contributed by atoms with Gasteiger partial charge in [0.05, 0.1) is 19.5 Å². The Bertz CT molecular complexity index is 803. The van der Waals surface area contributed by atoms with E-state index in [2.05, 4.69) is 15.1 Å². The Kier molecular flexibility index (Phi) is 4.88. The third kappa shape index (κ3) is 3.45. The van der Waals surface area contributed by atoms with Gasteiger partial charge in [-0.15, -0.1) is 0 Å². The summed E-state index contributed by atoms with van der Waals surface area (Å²) in [5, 5.41) is 7.46. The highest BCUT2D eigenvalue weighted by atomic mass is 32.2. The molecule has 1 aliphatic rings. The zero-order valence-electron chi connectivity index (χ0n) is 13.8. The predicted octanol–water partition coefficient (Wildman–Crippen LogP) is 1.30. The first-order valence-corrected chi connectivity index (χ1v) is 9.43. The summed E-state index contributed by atoms with van der Waals surface area (Å²) in [6, 6.07) is 7.32. The number of hydrogen-bond donors (Lipinski definition) is 2. The fraction of sp³-hybridized carbons (Fsp3) is 0.438. The molecule has 0 saturated carbocycles. The minimum absolute atomic E-state index is 0.109. The summed E-state index contributed by atoms with van der Waals surface area (Å²) >= 11 is 0. The van der Waals surface area contributed by atoms with E-state index in [4.69, 9.17) is 4.74 Å². The van der Waals surface area contributed by atoms with Crippen molar-refractivity contribution in [3.63, 3.8) is 0 Å². The van der Waals surface area contributed by atoms with Crippen LogP contribution in [-0.4, -0.2) is 43.9 Å². The minimum Gasteiger partial charge on any atom is -0.494 e. The normalized spacial score (nSPS) is 21.6. The summed E-state index contributed by atoms with van der Waals surface area (Å²) in [4.78, 5) is 0.145. The molecule has 2 atom stereocenters. The van der Waals surface area contributed by atoms with Crippen molar-refractivity contribution in [3.8, 4) is 11.4 Å². The fourth-order valence-electron chi connectivity index (χ4n) is 2.87. The molecule has 0 spiro atoms. The lowest BCUT2D eigenvalue weighted by Gasteiger charge is -2.30. The number of ether oxygens (including phenoxy) is 1. The molecular weight excluding hydrogens is 328 g/mol. The van der Waals surface area contributed by atoms with E-state index in [0.717, 1.165) is 19.4 Å². The maximum atomic E-state index is 12.6. The smallest absolute Gasteiger partial charge is 0.244 e. The minimum atomic E-state index is -3.61. The molecule has 7 nitrogen and oxygen atoms in total. The number of nitrogens with zero attached hydrogens (tertiary/aromatic N) is 2. The lowest BCUT2D eigenvalue weighted by molar-refractivity contribution is 0.349. The molecule has 2 N–H and O–H groups in total. The zero-order valence-corrected chi connectivity index (χ0v) is 14.6. The third-order valence-corrected chi connectivity index (χ3v) is 5.71. The Labute approximate surface area is 142 Å². The van der Waals surface area contributed by atoms with Gasteiger partial charge in [0.2, 0.25) is 10.0 Å². The second-order valence-electron chi connectivity index (χ2n) is 5.91. The van der Waals surface area contributed by atoms with Crippen LogP contribution in [0.25, 0.3) is 5.69 Å². The van der Waals surface area contributed by atoms with E-state index in [-0.39, 0.29) is 17.0 Å². The van der Waals surface area contributed by atoms with Crippen LogP contribution < -0.4 is 14.8 Å². The van der Waals surface area contributed by atoms with Crippen LogP contribution in [0.2, 0.25) is 0 Å². The molecule has 8 heteroatoms. The molecule has 1 aliphatic heterocycles. The van der Waals surface area contributed by atoms with Crippen molar-refractivity contribution in [1.29, 1.82) is 0 Å². The highest BCUT2D eigenvalue weighted by Gasteiger charge is 2.27. The number of hydrogen-bond acceptors (Lipinski definition) is 5. The van der Waals surface area contributed by atoms with Crippen molar-refractivity contribution in [2.24, 2.45) is 0 Å². The van der Waals surface area contributed by atoms with Gasteiger partial charge in [-0.3, -0.25) is 0 Å². The highest BCUT2D eigenvalue weighted by Crippen LogP contribution is 2.23. The molecule has 0 bridgehead atoms. The molecule has 0 amide bonds. The van der Waals surface area contributed by atoms with Crippen molar-refractivity contribution >= 4 is 10.0 Å². The molecule has 3 rings (SSSR count). The van der Waals surface area contributed by atoms with Crippen LogP contribution >= 0.6 is 0 Å². The van der Waals surface area contributed by atoms with E-state index >= 15 is 0 Å². The molecule has 130 valence electrons. The number of rotatable bonds is 5. The molecule has 0 radical (unpaired) electrons. The number of sulfonamides is 1. The van der Waals surface area contributed by atoms with Gasteiger partial charge < -0.3 is 10.1 Å². The second kappa shape index (κ2) is 6.92. The number of piperidine rings is 1. The molecule has 2 aromatic rings. The van der Waals surface area contributed by atoms with Crippen LogP contribution in [0.4, 0.5) is 0 Å². The molecule has 1 fully saturated rings. The average molecular weight is 350 g/mol. The maximum Gasteiger partial charge on any atom is 0.244 e. The molecule has 2 heterocycles. The van der Waals surface area contributed by atoms with Gasteiger partial charge in [-0.1, -0.05) is 12.1 Å². The Morgan fingerprint density at radius 1 is 1.38 bits per heavy atom. The third-order valence-electron chi connectivity index (χ3n) is 4.27. The van der Waals surface area contributed by atoms with E-state index in [1.54, 1.807) is 13.2 Å². The summed E-state index contributed by atoms with van der Waals surface area (Å²) in [5.41, 5.74) is 0.689. The van der Waals surface area contributed by atoms with Gasteiger partial charge in [0.25, 0.3) is 0 Å². The van der Waals surface area contributed by atoms with E-state index in [1.807, 2.05) is 25.1 Å². The SMILES string of the molecule is COc1ccccc1-n1cc(S(=O)(=O)NC2CCCNC2C)cn1. The first-order chi connectivity index (χ1) is 11.5. The van der Waals surface area contributed by atoms with Gasteiger partial charge in [-0.25, -0.2) is 17.8 Å². The van der Waals surface area contributed by atoms with E-state index in [0.29, 0.717) is 11.4 Å². The van der Waals surface area contributed by atoms with Gasteiger partial charge in [0.1, 0.15) is 16.3 Å². The second-order valence-corrected chi connectivity index (χ2v) is 7.62. The fourth-order valence-corrected chi connectivity index (χ4v) is 4.15. The first kappa shape index (κ1) is 16.9. The van der Waals surface area contributed by atoms with Crippen LogP contribution in [0.15, 0.2) is 41.6 Å². The molecule has 1 saturated heterocycles. The number of para-hydroxylation sites is 2. The Balaban J connectivity index is 1.84. The lowest BCUT2D eigenvalue weighted by Crippen LogP contribution is -2.51. The van der Waals surface area contributed by atoms with Gasteiger partial charge in [0.15, 0.2) is 0 Å². The zero-order chi connectivity index (χ0) is 17.2. The lowest BCUT2D eigenvalue weighted by atomic mass is 10.0. The summed E-state index contributed by atoms with van der Waals surface area (Å²) in [6.45, 7) is 2.91. The quantitative estimate of drug-likeness (QED) is 0.849. The van der Waals surface area contributed by atoms with E-state index in [9.17, 15) is 8.42 Å². The van der Waals surface area contributed by atoms with Crippen molar-refractivity contribution < 1.29 is 13.2 Å². The average Bonchev–Trinajstić information content (AvgIpc) is 3.07. The molecule has 24 heavy (non-hydrogen) atoms. The number of aromatic nitrogens is 2. The number of nitrogens with one attached hydrogen (secondary N) is 2. The van der Waals surface area contributed by atoms with Gasteiger partial charge in [-0.2, -0.15) is 5.10 Å². The van der Waals surface area contributed by atoms with Gasteiger partial charge in [-0.05, 0) is 38.4 Å². The molecule has 1 aromatic heterocycles. The van der Waals surface area contributed by atoms with Crippen LogP contribution in [0.5, 0.6) is 5.75 Å². The van der Waals surface area contributed by atoms with Gasteiger partial charge in [0, 0.05) is 12.1 Å². The van der Waals surface area contributed by atoms with E-state index in [1.165, 1.54) is 17.1 Å². The standard InChI is InChI=1S/C16H22N4O3S/c1-12-14(6-5-9-17-12)19-24(21,22)13-10-18-20(11-13)15-7-3-4-8-16(15)23-2/h3-4,7-8,10-12,14,17,19H,5-6,9H2,1-2H3. The summed E-state index contributed by atoms with van der Waals surface area (Å²) in [7, 11) is -2.05. The Hall–Kier alpha value is -1.90. The monoisotopic (exact) mass is 350 g/mol. The number of methoxy groups -OCH3 is 1. The maximum absolute atomic E-state index is 12.6. The topological polar surface area (TPSA) is 85.2 Å².